The van der Waals surface area contributed by atoms with Gasteiger partial charge < -0.3 is 2.85 Å². The van der Waals surface area contributed by atoms with Gasteiger partial charge in [0, 0.05) is 11.4 Å². The molecule has 0 amide bonds. The fourth-order valence-corrected chi connectivity index (χ4v) is 1.97. The van der Waals surface area contributed by atoms with Crippen molar-refractivity contribution in [1.82, 2.24) is 0 Å². The Kier molecular flexibility index (Phi) is 5.98. The molecule has 0 aliphatic rings. The quantitative estimate of drug-likeness (QED) is 0.502. The van der Waals surface area contributed by atoms with E-state index in [1.807, 2.05) is 65.6 Å². The van der Waals surface area contributed by atoms with Gasteiger partial charge in [0.1, 0.15) is 4.32 Å². The first kappa shape index (κ1) is 14.5. The van der Waals surface area contributed by atoms with E-state index >= 15 is 0 Å². The molecule has 0 atom stereocenters. The second-order valence-electron chi connectivity index (χ2n) is 3.29. The van der Waals surface area contributed by atoms with Crippen molar-refractivity contribution in [1.29, 1.82) is 0 Å². The Morgan fingerprint density at radius 3 is 1.53 bits per heavy atom. The molecule has 2 aromatic rings. The van der Waals surface area contributed by atoms with E-state index in [0.717, 1.165) is 11.4 Å². The SMILES string of the molecule is S=C(S)N(c1ccccc1)c1ccccc1.[H-].[H-].[Mg+2]. The summed E-state index contributed by atoms with van der Waals surface area (Å²) in [5.74, 6) is 0. The first-order valence-electron chi connectivity index (χ1n) is 4.92. The van der Waals surface area contributed by atoms with Gasteiger partial charge in [-0.05, 0) is 24.3 Å². The van der Waals surface area contributed by atoms with Crippen LogP contribution in [0.1, 0.15) is 2.85 Å². The molecule has 0 bridgehead atoms. The Morgan fingerprint density at radius 2 is 1.24 bits per heavy atom. The van der Waals surface area contributed by atoms with Gasteiger partial charge in [0.2, 0.25) is 0 Å². The molecule has 4 heteroatoms. The standard InChI is InChI=1S/C13H11NS2.Mg.2H/c15-13(16)14(11-7-3-1-4-8-11)12-9-5-2-6-10-12;;;/h1-10H,(H,15,16);;;/q;+2;2*-1. The van der Waals surface area contributed by atoms with Crippen LogP contribution in [-0.2, 0) is 0 Å². The van der Waals surface area contributed by atoms with Gasteiger partial charge in [-0.2, -0.15) is 0 Å². The van der Waals surface area contributed by atoms with Gasteiger partial charge >= 0.3 is 23.1 Å². The Bertz CT molecular complexity index is 443. The first-order valence-corrected chi connectivity index (χ1v) is 5.78. The zero-order valence-electron chi connectivity index (χ0n) is 11.3. The van der Waals surface area contributed by atoms with Crippen LogP contribution in [0.25, 0.3) is 0 Å². The molecule has 0 radical (unpaired) electrons. The average Bonchev–Trinajstić information content (AvgIpc) is 2.31. The van der Waals surface area contributed by atoms with E-state index in [2.05, 4.69) is 12.6 Å². The first-order chi connectivity index (χ1) is 7.79. The minimum absolute atomic E-state index is 0. The Hall–Kier alpha value is -0.554. The molecule has 0 saturated carbocycles. The summed E-state index contributed by atoms with van der Waals surface area (Å²) in [6.07, 6.45) is 0. The number of nitrogens with zero attached hydrogens (tertiary/aromatic N) is 1. The van der Waals surface area contributed by atoms with E-state index in [1.165, 1.54) is 0 Å². The van der Waals surface area contributed by atoms with Crippen molar-refractivity contribution < 1.29 is 2.85 Å². The minimum Gasteiger partial charge on any atom is -1.00 e. The Balaban J connectivity index is 0. The zero-order chi connectivity index (χ0) is 11.4. The van der Waals surface area contributed by atoms with Gasteiger partial charge in [0.05, 0.1) is 0 Å². The second-order valence-corrected chi connectivity index (χ2v) is 4.40. The van der Waals surface area contributed by atoms with Crippen molar-refractivity contribution in [3.05, 3.63) is 60.7 Å². The molecule has 0 aromatic heterocycles. The molecule has 0 N–H and O–H groups in total. The van der Waals surface area contributed by atoms with E-state index in [1.54, 1.807) is 0 Å². The van der Waals surface area contributed by atoms with Crippen molar-refractivity contribution in [2.75, 3.05) is 4.90 Å². The fraction of sp³-hybridized carbons (Fsp3) is 0. The predicted octanol–water partition coefficient (Wildman–Crippen LogP) is 3.88. The molecular weight excluding hydrogens is 259 g/mol. The fourth-order valence-electron chi connectivity index (χ4n) is 1.52. The van der Waals surface area contributed by atoms with Crippen LogP contribution in [0.5, 0.6) is 0 Å². The number of rotatable bonds is 2. The molecule has 0 aliphatic carbocycles. The normalized spacial score (nSPS) is 9.24. The molecule has 1 nitrogen and oxygen atoms in total. The summed E-state index contributed by atoms with van der Waals surface area (Å²) >= 11 is 9.44. The summed E-state index contributed by atoms with van der Waals surface area (Å²) in [7, 11) is 0. The topological polar surface area (TPSA) is 3.24 Å². The maximum Gasteiger partial charge on any atom is 2.00 e. The molecule has 2 aromatic carbocycles. The second kappa shape index (κ2) is 7.01. The van der Waals surface area contributed by atoms with Gasteiger partial charge in [-0.1, -0.05) is 48.6 Å². The van der Waals surface area contributed by atoms with Crippen LogP contribution in [0.3, 0.4) is 0 Å². The van der Waals surface area contributed by atoms with Crippen LogP contribution in [-0.4, -0.2) is 27.4 Å². The number of hydrogen-bond donors (Lipinski definition) is 1. The molecular formula is C13H13MgNS2. The summed E-state index contributed by atoms with van der Waals surface area (Å²) < 4.78 is 0.539. The minimum atomic E-state index is 0. The van der Waals surface area contributed by atoms with Crippen LogP contribution < -0.4 is 4.90 Å². The van der Waals surface area contributed by atoms with E-state index in [9.17, 15) is 0 Å². The molecule has 0 unspecified atom stereocenters. The number of hydrogen-bond acceptors (Lipinski definition) is 1. The summed E-state index contributed by atoms with van der Waals surface area (Å²) in [4.78, 5) is 1.93. The van der Waals surface area contributed by atoms with Gasteiger partial charge in [0.25, 0.3) is 0 Å². The van der Waals surface area contributed by atoms with Crippen LogP contribution in [0.4, 0.5) is 11.4 Å². The van der Waals surface area contributed by atoms with Crippen molar-refractivity contribution in [3.63, 3.8) is 0 Å². The third kappa shape index (κ3) is 3.71. The van der Waals surface area contributed by atoms with Gasteiger partial charge in [-0.25, -0.2) is 0 Å². The smallest absolute Gasteiger partial charge is 1.00 e. The van der Waals surface area contributed by atoms with Crippen molar-refractivity contribution in [3.8, 4) is 0 Å². The molecule has 84 valence electrons. The molecule has 0 saturated heterocycles. The maximum atomic E-state index is 5.17. The van der Waals surface area contributed by atoms with Gasteiger partial charge in [-0.3, -0.25) is 4.90 Å². The third-order valence-electron chi connectivity index (χ3n) is 2.22. The van der Waals surface area contributed by atoms with Crippen molar-refractivity contribution in [2.24, 2.45) is 0 Å². The summed E-state index contributed by atoms with van der Waals surface area (Å²) in [6.45, 7) is 0. The van der Waals surface area contributed by atoms with Gasteiger partial charge in [-0.15, -0.1) is 12.6 Å². The zero-order valence-corrected chi connectivity index (χ0v) is 12.4. The molecule has 2 rings (SSSR count). The Morgan fingerprint density at radius 1 is 0.882 bits per heavy atom. The molecule has 0 fully saturated rings. The maximum absolute atomic E-state index is 5.17. The molecule has 17 heavy (non-hydrogen) atoms. The number of thiocarbonyl (C=S) groups is 1. The van der Waals surface area contributed by atoms with Gasteiger partial charge in [0.15, 0.2) is 0 Å². The van der Waals surface area contributed by atoms with Crippen molar-refractivity contribution >= 4 is 63.6 Å². The van der Waals surface area contributed by atoms with Crippen molar-refractivity contribution in [2.45, 2.75) is 0 Å². The molecule has 0 spiro atoms. The predicted molar refractivity (Wildman–Crippen MR) is 84.6 cm³/mol. The van der Waals surface area contributed by atoms with Crippen LogP contribution in [0, 0.1) is 0 Å². The van der Waals surface area contributed by atoms with E-state index in [4.69, 9.17) is 12.2 Å². The van der Waals surface area contributed by atoms with E-state index in [0.29, 0.717) is 4.32 Å². The number of anilines is 2. The van der Waals surface area contributed by atoms with Crippen LogP contribution >= 0.6 is 24.8 Å². The summed E-state index contributed by atoms with van der Waals surface area (Å²) in [6, 6.07) is 19.9. The number of thiol groups is 1. The summed E-state index contributed by atoms with van der Waals surface area (Å²) in [5.41, 5.74) is 2.04. The number of benzene rings is 2. The molecule has 0 aliphatic heterocycles. The third-order valence-corrected chi connectivity index (χ3v) is 2.60. The monoisotopic (exact) mass is 271 g/mol. The van der Waals surface area contributed by atoms with Crippen LogP contribution in [0.2, 0.25) is 0 Å². The Labute approximate surface area is 131 Å². The average molecular weight is 272 g/mol. The van der Waals surface area contributed by atoms with E-state index in [-0.39, 0.29) is 25.9 Å². The van der Waals surface area contributed by atoms with E-state index < -0.39 is 0 Å². The number of para-hydroxylation sites is 2. The molecule has 0 heterocycles. The largest absolute Gasteiger partial charge is 2.00 e. The van der Waals surface area contributed by atoms with Crippen LogP contribution in [0.15, 0.2) is 60.7 Å². The summed E-state index contributed by atoms with van der Waals surface area (Å²) in [5, 5.41) is 0.